The van der Waals surface area contributed by atoms with Gasteiger partial charge in [-0.25, -0.2) is 33.8 Å². The molecule has 21 N–H and O–H groups in total. The summed E-state index contributed by atoms with van der Waals surface area (Å²) in [6, 6.07) is -14.0. The number of carbonyl (C=O) groups is 17. The van der Waals surface area contributed by atoms with E-state index >= 15 is 0 Å². The summed E-state index contributed by atoms with van der Waals surface area (Å²) >= 11 is 0. The number of hydrogen-bond donors (Lipinski definition) is 17. The van der Waals surface area contributed by atoms with E-state index in [-0.39, 0.29) is 155 Å². The number of nitrogens with two attached hydrogens (primary N) is 4. The molecule has 72 heteroatoms. The van der Waals surface area contributed by atoms with Gasteiger partial charge in [-0.15, -0.1) is 25.7 Å². The van der Waals surface area contributed by atoms with Crippen LogP contribution in [0.25, 0.3) is 0 Å². The van der Waals surface area contributed by atoms with Crippen LogP contribution in [0, 0.1) is 23.7 Å². The third-order valence-electron chi connectivity index (χ3n) is 26.6. The summed E-state index contributed by atoms with van der Waals surface area (Å²) in [5.74, 6) is -4.29. The highest BCUT2D eigenvalue weighted by molar-refractivity contribution is 7.82. The number of rotatable bonds is 32. The third kappa shape index (κ3) is 28.7. The molecule has 5 unspecified atom stereocenters. The van der Waals surface area contributed by atoms with Crippen LogP contribution in [0.1, 0.15) is 129 Å². The molecule has 3 aliphatic carbocycles. The molecule has 17 rings (SSSR count). The first-order chi connectivity index (χ1) is 67.1. The predicted molar refractivity (Wildman–Crippen MR) is 470 cm³/mol. The van der Waals surface area contributed by atoms with E-state index in [2.05, 4.69) is 63.1 Å². The van der Waals surface area contributed by atoms with Gasteiger partial charge in [-0.3, -0.25) is 95.9 Å². The van der Waals surface area contributed by atoms with E-state index < -0.39 is 207 Å². The van der Waals surface area contributed by atoms with Crippen molar-refractivity contribution >= 4 is 163 Å². The Bertz CT molecular complexity index is 5460. The van der Waals surface area contributed by atoms with E-state index in [1.165, 1.54) is 33.6 Å². The van der Waals surface area contributed by atoms with Gasteiger partial charge in [0.05, 0.1) is 74.4 Å². The summed E-state index contributed by atoms with van der Waals surface area (Å²) < 4.78 is 208. The number of ketones is 4. The second-order valence-electron chi connectivity index (χ2n) is 36.8. The molecule has 0 radical (unpaired) electrons. The minimum atomic E-state index is -4.84. The van der Waals surface area contributed by atoms with Crippen molar-refractivity contribution in [1.82, 2.24) is 107 Å². The van der Waals surface area contributed by atoms with Gasteiger partial charge in [0.1, 0.15) is 36.3 Å². The highest BCUT2D eigenvalue weighted by Crippen LogP contribution is 2.39. The normalized spacial score (nSPS) is 29.1. The van der Waals surface area contributed by atoms with Crippen LogP contribution in [0.2, 0.25) is 0 Å². The molecule has 18 atom stereocenters. The van der Waals surface area contributed by atoms with Gasteiger partial charge in [-0.05, 0) is 122 Å². The number of urea groups is 6. The molecule has 0 aromatic carbocycles. The van der Waals surface area contributed by atoms with Gasteiger partial charge in [0, 0.05) is 108 Å². The van der Waals surface area contributed by atoms with E-state index in [0.717, 1.165) is 46.9 Å². The number of nitrogens with zero attached hydrogens (tertiary/aromatic N) is 14. The first-order valence-electron chi connectivity index (χ1n) is 45.3. The lowest BCUT2D eigenvalue weighted by Gasteiger charge is -2.34. The summed E-state index contributed by atoms with van der Waals surface area (Å²) in [5.41, 5.74) is 27.7. The van der Waals surface area contributed by atoms with Crippen molar-refractivity contribution in [3.05, 3.63) is 0 Å². The van der Waals surface area contributed by atoms with E-state index in [1.54, 1.807) is 5.01 Å². The fraction of sp³-hybridized carbons (Fsp3) is 0.764. The third-order valence-corrected chi connectivity index (χ3v) is 28.7. The van der Waals surface area contributed by atoms with Crippen molar-refractivity contribution in [1.29, 1.82) is 0 Å². The number of hydroxylamine groups is 12. The van der Waals surface area contributed by atoms with Gasteiger partial charge in [0.2, 0.25) is 29.5 Å². The Morgan fingerprint density at radius 2 is 0.639 bits per heavy atom. The molecule has 14 heterocycles. The van der Waals surface area contributed by atoms with Crippen LogP contribution in [0.4, 0.5) is 28.8 Å². The zero-order valence-electron chi connectivity index (χ0n) is 76.9. The number of nitrogens with one attached hydrogen (secondary N) is 7. The van der Waals surface area contributed by atoms with Crippen molar-refractivity contribution < 1.29 is 185 Å². The molecule has 17 fully saturated rings. The van der Waals surface area contributed by atoms with Crippen molar-refractivity contribution in [3.63, 3.8) is 0 Å². The Labute approximate surface area is 822 Å². The molecule has 14 aliphatic heterocycles. The van der Waals surface area contributed by atoms with Gasteiger partial charge in [-0.2, -0.15) is 80.9 Å². The molecule has 14 saturated heterocycles. The summed E-state index contributed by atoms with van der Waals surface area (Å²) in [4.78, 5) is 213. The topological polar surface area (TPSA) is 905 Å². The molecule has 0 aromatic rings. The van der Waals surface area contributed by atoms with Crippen LogP contribution in [0.5, 0.6) is 0 Å². The van der Waals surface area contributed by atoms with Gasteiger partial charge >= 0.3 is 98.6 Å². The smallest absolute Gasteiger partial charge is 0.347 e. The number of carbonyl (C=O) groups excluding carboxylic acids is 17. The lowest BCUT2D eigenvalue weighted by atomic mass is 9.82. The van der Waals surface area contributed by atoms with Crippen LogP contribution in [0.3, 0.4) is 0 Å². The molecule has 12 bridgehead atoms. The maximum atomic E-state index is 12.5. The second-order valence-corrected chi connectivity index (χ2v) is 42.8. The van der Waals surface area contributed by atoms with E-state index in [9.17, 15) is 132 Å². The lowest BCUT2D eigenvalue weighted by Crippen LogP contribution is -2.57. The summed E-state index contributed by atoms with van der Waals surface area (Å²) in [7, 11) is -27.5. The quantitative estimate of drug-likeness (QED) is 0.0220. The minimum absolute atomic E-state index is 0.00172. The van der Waals surface area contributed by atoms with Crippen molar-refractivity contribution in [2.24, 2.45) is 46.6 Å². The first kappa shape index (κ1) is 112. The van der Waals surface area contributed by atoms with Crippen LogP contribution < -0.4 is 60.4 Å². The van der Waals surface area contributed by atoms with Gasteiger partial charge in [-0.1, -0.05) is 6.42 Å². The SMILES string of the molecule is CN(NC(=O)[C@@H]1CC[C@@H]2CN1C(=O)N2OS(=O)(=O)O)C(=O)C1CC1N.C[C@H](N)C(=O)CNC(=O)[C@@H]1CC[C@@H]2CN1C(=O)N2OS(=O)(=O)O.NC1CC1C(=O)CNC(=O)[C@@H]1CC[C@@H]2CN1C(=O)N2OS(=O)(=O)O.NC1CCCN(NC(=O)[C@@H]2CC[C@@H]3CN2C(=O)N3OS(=O)(=O)O)C1.O=C(CNC(=O)[C@@H]1CC[C@@H]2CN1C(=O)N2OS(=O)(=O)O)C1CCC1.O=C(CNC(=O)[C@@H]1CC[C@@H]2CN1C(=O)N2OS(=O)(=O)O)C1CNC1. The highest BCUT2D eigenvalue weighted by atomic mass is 32.3. The monoisotopic (exact) mass is 2180 g/mol. The van der Waals surface area contributed by atoms with Crippen LogP contribution in [-0.2, 0) is 141 Å². The zero-order chi connectivity index (χ0) is 106. The molecule has 144 heavy (non-hydrogen) atoms. The fourth-order valence-electron chi connectivity index (χ4n) is 18.6. The molecule has 19 amide bonds. The minimum Gasteiger partial charge on any atom is -0.347 e. The molecular weight excluding hydrogens is 2060 g/mol. The molecule has 17 aliphatic rings. The summed E-state index contributed by atoms with van der Waals surface area (Å²) in [6.07, 6.45) is 9.61. The number of piperidine rings is 7. The fourth-order valence-corrected chi connectivity index (χ4v) is 20.9. The Hall–Kier alpha value is -10.4. The summed E-state index contributed by atoms with van der Waals surface area (Å²) in [5, 5.41) is 19.2. The first-order valence-corrected chi connectivity index (χ1v) is 53.5. The number of Topliss-reactive ketones (excluding diaryl/α,β-unsaturated/α-hetero) is 4. The molecule has 3 saturated carbocycles. The van der Waals surface area contributed by atoms with Gasteiger partial charge < -0.3 is 78.9 Å². The van der Waals surface area contributed by atoms with Crippen molar-refractivity contribution in [2.75, 3.05) is 98.7 Å². The second kappa shape index (κ2) is 45.5. The highest BCUT2D eigenvalue weighted by Gasteiger charge is 2.57. The number of hydrazine groups is 2. The molecule has 0 aromatic heterocycles. The summed E-state index contributed by atoms with van der Waals surface area (Å²) in [6.45, 7) is 4.09. The van der Waals surface area contributed by atoms with Gasteiger partial charge in [0.25, 0.3) is 11.8 Å². The molecule has 66 nitrogen and oxygen atoms in total. The average molecular weight is 2180 g/mol. The lowest BCUT2D eigenvalue weighted by molar-refractivity contribution is -0.142. The Morgan fingerprint density at radius 3 is 0.889 bits per heavy atom. The van der Waals surface area contributed by atoms with E-state index in [4.69, 9.17) is 50.3 Å². The van der Waals surface area contributed by atoms with Crippen LogP contribution >= 0.6 is 0 Å². The Kier molecular flexibility index (Phi) is 35.5. The van der Waals surface area contributed by atoms with E-state index in [0.29, 0.717) is 134 Å². The van der Waals surface area contributed by atoms with Crippen LogP contribution in [0.15, 0.2) is 0 Å². The standard InChI is InChI=1S/C13H19N3O7S.C12H19N5O7S.C12H21N5O6S.2C12H18N4O7S.C11H18N4O7S/c17-11(8-2-1-3-8)6-14-12(18)10-5-4-9-7-15(10)13(19)16(9)23-24(20,21)22;1-15(11(19)7-4-8(7)13)14-10(18)9-3-2-6-5-16(9)12(20)17(6)24-25(21,22)23;13-8-2-1-5-15(6-8)14-11(18)10-4-3-9-7-16(10)12(19)17(9)23-24(20,21)22;17-10(7-3-13-4-7)5-14-11(18)9-2-1-8-6-15(9)12(19)16(8)23-24(20,21)22;13-8-3-7(8)10(17)4-14-11(18)9-2-1-6-5-15(9)12(19)16(6)23-24(20,21)22;1-6(12)9(16)4-13-10(17)8-3-2-7-5-14(8)11(18)15(7)22-23(19,20)21/h8-10H,1-7H2,(H,14,18)(H,20,21,22);6-9H,2-5,13H2,1H3,(H,14,18)(H,21,22,23);8-10H,1-7,13H2,(H,14,18)(H,20,21,22);7-9,13H,1-6H2,(H,14,18)(H,20,21,22);6-9H,1-5,13H2,(H,14,18)(H,20,21,22);6-8H,2-5,12H2,1H3,(H,13,17)(H,19,20,21)/t9-,10+;6-,7?,8?,9+;8?,9-,10+;8-,9+;6-,7?,8?,9+;6-,7+,8-/m111110/s1. The van der Waals surface area contributed by atoms with E-state index in [1.807, 2.05) is 0 Å². The molecular formula is C72H113N25O41S6. The van der Waals surface area contributed by atoms with Gasteiger partial charge in [0.15, 0.2) is 23.1 Å². The molecule has 808 valence electrons. The van der Waals surface area contributed by atoms with Crippen molar-refractivity contribution in [3.8, 4) is 0 Å². The average Bonchev–Trinajstić information content (AvgIpc) is 1.63. The number of hydrogen-bond acceptors (Lipinski definition) is 41. The maximum absolute atomic E-state index is 12.5. The van der Waals surface area contributed by atoms with Crippen LogP contribution in [-0.4, -0.2) is 444 Å². The number of fused-ring (bicyclic) bond motifs is 12. The van der Waals surface area contributed by atoms with Crippen molar-refractivity contribution in [2.45, 2.75) is 226 Å². The maximum Gasteiger partial charge on any atom is 0.418 e. The predicted octanol–water partition coefficient (Wildman–Crippen LogP) is -10.3. The molecule has 0 spiro atoms. The Balaban J connectivity index is 0.000000154. The number of amides is 19. The largest absolute Gasteiger partial charge is 0.418 e. The zero-order valence-corrected chi connectivity index (χ0v) is 81.8. The Morgan fingerprint density at radius 1 is 0.368 bits per heavy atom.